The van der Waals surface area contributed by atoms with Gasteiger partial charge in [0.05, 0.1) is 4.47 Å². The first-order valence-corrected chi connectivity index (χ1v) is 5.96. The van der Waals surface area contributed by atoms with E-state index in [1.807, 2.05) is 39.0 Å². The van der Waals surface area contributed by atoms with Crippen molar-refractivity contribution >= 4 is 15.9 Å². The molecule has 0 aliphatic rings. The van der Waals surface area contributed by atoms with Crippen LogP contribution >= 0.6 is 15.9 Å². The van der Waals surface area contributed by atoms with Gasteiger partial charge in [-0.2, -0.15) is 0 Å². The molecule has 0 aromatic heterocycles. The van der Waals surface area contributed by atoms with E-state index in [2.05, 4.69) is 22.5 Å². The van der Waals surface area contributed by atoms with E-state index in [4.69, 9.17) is 10.5 Å². The smallest absolute Gasteiger partial charge is 0.134 e. The molecule has 0 saturated carbocycles. The molecule has 3 heteroatoms. The van der Waals surface area contributed by atoms with Crippen molar-refractivity contribution in [2.45, 2.75) is 26.3 Å². The Morgan fingerprint density at radius 1 is 1.50 bits per heavy atom. The number of rotatable bonds is 4. The normalized spacial score (nSPS) is 11.3. The van der Waals surface area contributed by atoms with E-state index < -0.39 is 0 Å². The lowest BCUT2D eigenvalue weighted by Crippen LogP contribution is -2.29. The van der Waals surface area contributed by atoms with E-state index in [0.717, 1.165) is 21.4 Å². The summed E-state index contributed by atoms with van der Waals surface area (Å²) in [7, 11) is 0. The minimum Gasteiger partial charge on any atom is -0.488 e. The molecule has 1 aromatic rings. The second kappa shape index (κ2) is 5.02. The summed E-state index contributed by atoms with van der Waals surface area (Å²) in [5.74, 6) is 0.805. The van der Waals surface area contributed by atoms with Crippen LogP contribution < -0.4 is 10.5 Å². The van der Waals surface area contributed by atoms with Crippen LogP contribution in [0.15, 0.2) is 34.8 Å². The lowest BCUT2D eigenvalue weighted by atomic mass is 9.95. The Balaban J connectivity index is 3.00. The van der Waals surface area contributed by atoms with Crippen molar-refractivity contribution < 1.29 is 4.74 Å². The molecule has 0 saturated heterocycles. The third-order valence-corrected chi connectivity index (χ3v) is 2.95. The Kier molecular flexibility index (Phi) is 4.16. The zero-order chi connectivity index (χ0) is 12.3. The Bertz CT molecular complexity index is 393. The van der Waals surface area contributed by atoms with Gasteiger partial charge in [0.15, 0.2) is 0 Å². The van der Waals surface area contributed by atoms with Crippen LogP contribution in [0.5, 0.6) is 5.75 Å². The topological polar surface area (TPSA) is 35.2 Å². The van der Waals surface area contributed by atoms with E-state index >= 15 is 0 Å². The van der Waals surface area contributed by atoms with Gasteiger partial charge in [0.1, 0.15) is 12.4 Å². The lowest BCUT2D eigenvalue weighted by Gasteiger charge is -2.22. The molecule has 0 aliphatic carbocycles. The number of nitrogens with two attached hydrogens (primary N) is 1. The molecule has 88 valence electrons. The van der Waals surface area contributed by atoms with Crippen LogP contribution in [0.3, 0.4) is 0 Å². The van der Waals surface area contributed by atoms with Gasteiger partial charge in [0.2, 0.25) is 0 Å². The molecule has 16 heavy (non-hydrogen) atoms. The largest absolute Gasteiger partial charge is 0.488 e. The first-order valence-electron chi connectivity index (χ1n) is 5.17. The zero-order valence-electron chi connectivity index (χ0n) is 10.0. The van der Waals surface area contributed by atoms with Crippen molar-refractivity contribution in [3.05, 3.63) is 40.4 Å². The standard InChI is InChI=1S/C13H18BrNO/c1-9(2)8-16-11-7-5-6-10(12(11)14)13(3,4)15/h5-7H,1,8,15H2,2-4H3. The molecule has 0 spiro atoms. The average molecular weight is 284 g/mol. The van der Waals surface area contributed by atoms with E-state index in [0.29, 0.717) is 6.61 Å². The molecule has 0 atom stereocenters. The number of hydrogen-bond donors (Lipinski definition) is 1. The molecule has 0 heterocycles. The minimum absolute atomic E-state index is 0.387. The number of benzene rings is 1. The molecule has 0 amide bonds. The van der Waals surface area contributed by atoms with Crippen molar-refractivity contribution in [3.63, 3.8) is 0 Å². The molecule has 0 fully saturated rings. The van der Waals surface area contributed by atoms with Crippen LogP contribution in [0.4, 0.5) is 0 Å². The maximum absolute atomic E-state index is 6.08. The van der Waals surface area contributed by atoms with Gasteiger partial charge in [-0.1, -0.05) is 18.7 Å². The second-order valence-corrected chi connectivity index (χ2v) is 5.38. The highest BCUT2D eigenvalue weighted by Gasteiger charge is 2.19. The summed E-state index contributed by atoms with van der Waals surface area (Å²) in [6.45, 7) is 10.2. The molecular formula is C13H18BrNO. The van der Waals surface area contributed by atoms with Gasteiger partial charge < -0.3 is 10.5 Å². The van der Waals surface area contributed by atoms with Crippen molar-refractivity contribution in [2.75, 3.05) is 6.61 Å². The van der Waals surface area contributed by atoms with Gasteiger partial charge in [-0.05, 0) is 53.9 Å². The van der Waals surface area contributed by atoms with Crippen molar-refractivity contribution in [1.82, 2.24) is 0 Å². The lowest BCUT2D eigenvalue weighted by molar-refractivity contribution is 0.349. The van der Waals surface area contributed by atoms with Gasteiger partial charge in [-0.3, -0.25) is 0 Å². The van der Waals surface area contributed by atoms with Crippen LogP contribution in [0.2, 0.25) is 0 Å². The quantitative estimate of drug-likeness (QED) is 0.857. The summed E-state index contributed by atoms with van der Waals surface area (Å²) in [4.78, 5) is 0. The molecule has 1 aromatic carbocycles. The molecule has 2 nitrogen and oxygen atoms in total. The summed E-state index contributed by atoms with van der Waals surface area (Å²) in [5.41, 5.74) is 7.72. The zero-order valence-corrected chi connectivity index (χ0v) is 11.6. The maximum Gasteiger partial charge on any atom is 0.134 e. The Hall–Kier alpha value is -0.800. The monoisotopic (exact) mass is 283 g/mol. The maximum atomic E-state index is 6.08. The number of ether oxygens (including phenoxy) is 1. The predicted molar refractivity (Wildman–Crippen MR) is 71.7 cm³/mol. The predicted octanol–water partition coefficient (Wildman–Crippen LogP) is 3.60. The highest BCUT2D eigenvalue weighted by atomic mass is 79.9. The van der Waals surface area contributed by atoms with E-state index in [1.54, 1.807) is 0 Å². The first-order chi connectivity index (χ1) is 7.32. The first kappa shape index (κ1) is 13.3. The molecule has 2 N–H and O–H groups in total. The third-order valence-electron chi connectivity index (χ3n) is 2.13. The highest BCUT2D eigenvalue weighted by molar-refractivity contribution is 9.10. The van der Waals surface area contributed by atoms with Gasteiger partial charge in [-0.15, -0.1) is 0 Å². The minimum atomic E-state index is -0.387. The van der Waals surface area contributed by atoms with Gasteiger partial charge in [0, 0.05) is 5.54 Å². The average Bonchev–Trinajstić information content (AvgIpc) is 2.14. The molecule has 0 aliphatic heterocycles. The van der Waals surface area contributed by atoms with Crippen LogP contribution in [0, 0.1) is 0 Å². The van der Waals surface area contributed by atoms with Crippen LogP contribution in [0.1, 0.15) is 26.3 Å². The third kappa shape index (κ3) is 3.35. The van der Waals surface area contributed by atoms with Crippen LogP contribution in [0.25, 0.3) is 0 Å². The highest BCUT2D eigenvalue weighted by Crippen LogP contribution is 2.33. The number of hydrogen-bond acceptors (Lipinski definition) is 2. The fourth-order valence-corrected chi connectivity index (χ4v) is 2.21. The summed E-state index contributed by atoms with van der Waals surface area (Å²) in [6.07, 6.45) is 0. The van der Waals surface area contributed by atoms with E-state index in [-0.39, 0.29) is 5.54 Å². The summed E-state index contributed by atoms with van der Waals surface area (Å²) in [5, 5.41) is 0. The molecule has 0 bridgehead atoms. The van der Waals surface area contributed by atoms with Crippen molar-refractivity contribution in [1.29, 1.82) is 0 Å². The van der Waals surface area contributed by atoms with Gasteiger partial charge in [-0.25, -0.2) is 0 Å². The van der Waals surface area contributed by atoms with Gasteiger partial charge >= 0.3 is 0 Å². The fourth-order valence-electron chi connectivity index (χ4n) is 1.32. The van der Waals surface area contributed by atoms with Crippen LogP contribution in [-0.4, -0.2) is 6.61 Å². The van der Waals surface area contributed by atoms with Crippen molar-refractivity contribution in [2.24, 2.45) is 5.73 Å². The molecule has 1 rings (SSSR count). The Morgan fingerprint density at radius 2 is 2.12 bits per heavy atom. The summed E-state index contributed by atoms with van der Waals surface area (Å²) < 4.78 is 6.55. The van der Waals surface area contributed by atoms with Crippen molar-refractivity contribution in [3.8, 4) is 5.75 Å². The SMILES string of the molecule is C=C(C)COc1cccc(C(C)(C)N)c1Br. The molecule has 0 radical (unpaired) electrons. The Labute approximate surface area is 106 Å². The summed E-state index contributed by atoms with van der Waals surface area (Å²) >= 11 is 3.53. The fraction of sp³-hybridized carbons (Fsp3) is 0.385. The second-order valence-electron chi connectivity index (χ2n) is 4.59. The van der Waals surface area contributed by atoms with E-state index in [1.165, 1.54) is 0 Å². The number of halogens is 1. The van der Waals surface area contributed by atoms with Gasteiger partial charge in [0.25, 0.3) is 0 Å². The molecule has 0 unspecified atom stereocenters. The van der Waals surface area contributed by atoms with E-state index in [9.17, 15) is 0 Å². The molecular weight excluding hydrogens is 266 g/mol. The van der Waals surface area contributed by atoms with Crippen LogP contribution in [-0.2, 0) is 5.54 Å². The Morgan fingerprint density at radius 3 is 2.62 bits per heavy atom. The summed E-state index contributed by atoms with van der Waals surface area (Å²) in [6, 6.07) is 5.86.